The highest BCUT2D eigenvalue weighted by Gasteiger charge is 2.28. The molecule has 4 rings (SSSR count). The summed E-state index contributed by atoms with van der Waals surface area (Å²) in [7, 11) is 0. The molecule has 3 aromatic rings. The molecule has 1 aromatic heterocycles. The van der Waals surface area contributed by atoms with Crippen molar-refractivity contribution in [2.24, 2.45) is 0 Å². The van der Waals surface area contributed by atoms with E-state index in [2.05, 4.69) is 65.4 Å². The fraction of sp³-hybridized carbons (Fsp3) is 0.227. The Morgan fingerprint density at radius 2 is 1.84 bits per heavy atom. The van der Waals surface area contributed by atoms with Crippen molar-refractivity contribution < 1.29 is 4.79 Å². The lowest BCUT2D eigenvalue weighted by Crippen LogP contribution is -2.38. The summed E-state index contributed by atoms with van der Waals surface area (Å²) >= 11 is 1.69. The van der Waals surface area contributed by atoms with Gasteiger partial charge in [0.1, 0.15) is 0 Å². The van der Waals surface area contributed by atoms with Crippen molar-refractivity contribution in [3.8, 4) is 0 Å². The SMILES string of the molecule is O=C(CCc1ccsc1)N1Cc2ccccc2[C@@H](c2ccccc2)C1. The second-order valence-corrected chi connectivity index (χ2v) is 7.35. The third-order valence-electron chi connectivity index (χ3n) is 4.96. The van der Waals surface area contributed by atoms with Crippen LogP contribution in [0.5, 0.6) is 0 Å². The molecule has 0 spiro atoms. The predicted octanol–water partition coefficient (Wildman–Crippen LogP) is 4.86. The highest BCUT2D eigenvalue weighted by molar-refractivity contribution is 7.07. The molecule has 1 atom stereocenters. The number of nitrogens with zero attached hydrogens (tertiary/aromatic N) is 1. The summed E-state index contributed by atoms with van der Waals surface area (Å²) < 4.78 is 0. The van der Waals surface area contributed by atoms with Gasteiger partial charge in [0.25, 0.3) is 0 Å². The van der Waals surface area contributed by atoms with Gasteiger partial charge in [-0.15, -0.1) is 0 Å². The molecule has 0 saturated heterocycles. The third kappa shape index (κ3) is 3.52. The van der Waals surface area contributed by atoms with Crippen molar-refractivity contribution >= 4 is 17.2 Å². The predicted molar refractivity (Wildman–Crippen MR) is 103 cm³/mol. The molecule has 1 aliphatic heterocycles. The van der Waals surface area contributed by atoms with Crippen LogP contribution in [0, 0.1) is 0 Å². The smallest absolute Gasteiger partial charge is 0.223 e. The van der Waals surface area contributed by atoms with Gasteiger partial charge < -0.3 is 4.90 Å². The Kier molecular flexibility index (Phi) is 4.66. The first-order chi connectivity index (χ1) is 12.3. The highest BCUT2D eigenvalue weighted by atomic mass is 32.1. The standard InChI is InChI=1S/C22H21NOS/c24-22(11-10-17-12-13-25-16-17)23-14-19-8-4-5-9-20(19)21(15-23)18-6-2-1-3-7-18/h1-9,12-13,16,21H,10-11,14-15H2/t21-/m1/s1. The molecule has 0 unspecified atom stereocenters. The van der Waals surface area contributed by atoms with Crippen LogP contribution in [0.25, 0.3) is 0 Å². The molecular weight excluding hydrogens is 326 g/mol. The molecule has 2 aromatic carbocycles. The van der Waals surface area contributed by atoms with Gasteiger partial charge in [-0.1, -0.05) is 54.6 Å². The van der Waals surface area contributed by atoms with Crippen LogP contribution >= 0.6 is 11.3 Å². The van der Waals surface area contributed by atoms with Gasteiger partial charge in [0.15, 0.2) is 0 Å². The maximum Gasteiger partial charge on any atom is 0.223 e. The van der Waals surface area contributed by atoms with E-state index in [0.29, 0.717) is 6.42 Å². The average molecular weight is 347 g/mol. The minimum atomic E-state index is 0.252. The van der Waals surface area contributed by atoms with Crippen LogP contribution in [0.1, 0.15) is 34.6 Å². The van der Waals surface area contributed by atoms with Crippen LogP contribution in [-0.4, -0.2) is 17.4 Å². The van der Waals surface area contributed by atoms with Crippen molar-refractivity contribution in [1.82, 2.24) is 4.90 Å². The van der Waals surface area contributed by atoms with Gasteiger partial charge in [-0.3, -0.25) is 4.79 Å². The first kappa shape index (κ1) is 16.1. The quantitative estimate of drug-likeness (QED) is 0.660. The molecule has 1 aliphatic rings. The molecule has 3 heteroatoms. The molecule has 0 aliphatic carbocycles. The Hall–Kier alpha value is -2.39. The summed E-state index contributed by atoms with van der Waals surface area (Å²) in [4.78, 5) is 14.8. The Balaban J connectivity index is 1.56. The van der Waals surface area contributed by atoms with Crippen LogP contribution in [0.15, 0.2) is 71.4 Å². The van der Waals surface area contributed by atoms with Gasteiger partial charge in [0.2, 0.25) is 5.91 Å². The van der Waals surface area contributed by atoms with E-state index in [-0.39, 0.29) is 11.8 Å². The van der Waals surface area contributed by atoms with Gasteiger partial charge in [-0.05, 0) is 45.5 Å². The molecule has 0 bridgehead atoms. The summed E-state index contributed by atoms with van der Waals surface area (Å²) in [6.07, 6.45) is 1.41. The lowest BCUT2D eigenvalue weighted by atomic mass is 9.84. The number of benzene rings is 2. The lowest BCUT2D eigenvalue weighted by Gasteiger charge is -2.35. The number of amides is 1. The van der Waals surface area contributed by atoms with E-state index >= 15 is 0 Å². The molecule has 0 radical (unpaired) electrons. The van der Waals surface area contributed by atoms with Crippen LogP contribution in [0.2, 0.25) is 0 Å². The van der Waals surface area contributed by atoms with Crippen molar-refractivity contribution in [2.45, 2.75) is 25.3 Å². The van der Waals surface area contributed by atoms with Gasteiger partial charge in [-0.2, -0.15) is 11.3 Å². The van der Waals surface area contributed by atoms with Gasteiger partial charge in [0.05, 0.1) is 0 Å². The fourth-order valence-electron chi connectivity index (χ4n) is 3.61. The summed E-state index contributed by atoms with van der Waals surface area (Å²) in [6.45, 7) is 1.49. The number of rotatable bonds is 4. The molecule has 0 N–H and O–H groups in total. The third-order valence-corrected chi connectivity index (χ3v) is 5.69. The van der Waals surface area contributed by atoms with Crippen molar-refractivity contribution in [3.05, 3.63) is 93.7 Å². The number of aryl methyl sites for hydroxylation is 1. The lowest BCUT2D eigenvalue weighted by molar-refractivity contribution is -0.132. The number of carbonyl (C=O) groups excluding carboxylic acids is 1. The van der Waals surface area contributed by atoms with E-state index in [1.807, 2.05) is 11.0 Å². The Morgan fingerprint density at radius 1 is 1.04 bits per heavy atom. The first-order valence-corrected chi connectivity index (χ1v) is 9.67. The monoisotopic (exact) mass is 347 g/mol. The van der Waals surface area contributed by atoms with Crippen LogP contribution in [0.3, 0.4) is 0 Å². The molecule has 25 heavy (non-hydrogen) atoms. The van der Waals surface area contributed by atoms with E-state index in [4.69, 9.17) is 0 Å². The zero-order chi connectivity index (χ0) is 17.1. The first-order valence-electron chi connectivity index (χ1n) is 8.73. The molecule has 2 nitrogen and oxygen atoms in total. The summed E-state index contributed by atoms with van der Waals surface area (Å²) in [5, 5.41) is 4.20. The van der Waals surface area contributed by atoms with Gasteiger partial charge in [-0.25, -0.2) is 0 Å². The minimum Gasteiger partial charge on any atom is -0.337 e. The number of carbonyl (C=O) groups is 1. The normalized spacial score (nSPS) is 16.5. The molecular formula is C22H21NOS. The average Bonchev–Trinajstić information content (AvgIpc) is 3.19. The highest BCUT2D eigenvalue weighted by Crippen LogP contribution is 2.33. The van der Waals surface area contributed by atoms with Crippen molar-refractivity contribution in [3.63, 3.8) is 0 Å². The topological polar surface area (TPSA) is 20.3 Å². The number of hydrogen-bond acceptors (Lipinski definition) is 2. The molecule has 1 amide bonds. The molecule has 2 heterocycles. The molecule has 126 valence electrons. The van der Waals surface area contributed by atoms with Gasteiger partial charge in [0, 0.05) is 25.4 Å². The van der Waals surface area contributed by atoms with Crippen molar-refractivity contribution in [1.29, 1.82) is 0 Å². The molecule has 0 fully saturated rings. The Labute approximate surface area is 152 Å². The van der Waals surface area contributed by atoms with E-state index in [1.165, 1.54) is 22.3 Å². The fourth-order valence-corrected chi connectivity index (χ4v) is 4.31. The van der Waals surface area contributed by atoms with E-state index in [1.54, 1.807) is 11.3 Å². The van der Waals surface area contributed by atoms with Gasteiger partial charge >= 0.3 is 0 Å². The maximum atomic E-state index is 12.8. The zero-order valence-electron chi connectivity index (χ0n) is 14.1. The maximum absolute atomic E-state index is 12.8. The van der Waals surface area contributed by atoms with Crippen molar-refractivity contribution in [2.75, 3.05) is 6.54 Å². The zero-order valence-corrected chi connectivity index (χ0v) is 14.9. The van der Waals surface area contributed by atoms with Crippen LogP contribution in [-0.2, 0) is 17.8 Å². The van der Waals surface area contributed by atoms with Crippen LogP contribution < -0.4 is 0 Å². The summed E-state index contributed by atoms with van der Waals surface area (Å²) in [6, 6.07) is 21.2. The van der Waals surface area contributed by atoms with E-state index in [0.717, 1.165) is 19.5 Å². The second kappa shape index (κ2) is 7.24. The second-order valence-electron chi connectivity index (χ2n) is 6.57. The number of fused-ring (bicyclic) bond motifs is 1. The Bertz CT molecular complexity index is 841. The largest absolute Gasteiger partial charge is 0.337 e. The molecule has 0 saturated carbocycles. The van der Waals surface area contributed by atoms with E-state index < -0.39 is 0 Å². The number of hydrogen-bond donors (Lipinski definition) is 0. The number of thiophene rings is 1. The summed E-state index contributed by atoms with van der Waals surface area (Å²) in [5.74, 6) is 0.512. The summed E-state index contributed by atoms with van der Waals surface area (Å²) in [5.41, 5.74) is 5.17. The minimum absolute atomic E-state index is 0.252. The van der Waals surface area contributed by atoms with Crippen LogP contribution in [0.4, 0.5) is 0 Å². The van der Waals surface area contributed by atoms with E-state index in [9.17, 15) is 4.79 Å². The Morgan fingerprint density at radius 3 is 2.64 bits per heavy atom.